The van der Waals surface area contributed by atoms with Crippen molar-refractivity contribution in [3.8, 4) is 5.75 Å². The predicted molar refractivity (Wildman–Crippen MR) is 87.1 cm³/mol. The zero-order chi connectivity index (χ0) is 15.5. The fraction of sp³-hybridized carbons (Fsp3) is 0.200. The van der Waals surface area contributed by atoms with Gasteiger partial charge in [-0.15, -0.1) is 0 Å². The smallest absolute Gasteiger partial charge is 0.182 e. The predicted octanol–water partition coefficient (Wildman–Crippen LogP) is 3.40. The molecule has 2 aromatic rings. The molecule has 0 aliphatic rings. The van der Waals surface area contributed by atoms with Crippen molar-refractivity contribution in [2.75, 3.05) is 12.3 Å². The summed E-state index contributed by atoms with van der Waals surface area (Å²) in [6.45, 7) is 2.32. The molecule has 0 amide bonds. The van der Waals surface area contributed by atoms with Crippen molar-refractivity contribution in [2.24, 2.45) is 0 Å². The molecule has 0 bridgehead atoms. The van der Waals surface area contributed by atoms with Gasteiger partial charge in [0.05, 0.1) is 17.3 Å². The van der Waals surface area contributed by atoms with Gasteiger partial charge in [-0.2, -0.15) is 0 Å². The molecular formula is C15H16BrNO3S. The quantitative estimate of drug-likeness (QED) is 0.819. The van der Waals surface area contributed by atoms with Gasteiger partial charge < -0.3 is 10.5 Å². The summed E-state index contributed by atoms with van der Waals surface area (Å²) < 4.78 is 31.2. The first-order valence-corrected chi connectivity index (χ1v) is 8.86. The van der Waals surface area contributed by atoms with Gasteiger partial charge in [-0.1, -0.05) is 22.0 Å². The van der Waals surface area contributed by atoms with E-state index in [1.807, 2.05) is 6.92 Å². The monoisotopic (exact) mass is 369 g/mol. The Hall–Kier alpha value is -1.53. The summed E-state index contributed by atoms with van der Waals surface area (Å²) in [7, 11) is -3.46. The molecule has 0 saturated carbocycles. The summed E-state index contributed by atoms with van der Waals surface area (Å²) in [5.74, 6) is 0.398. The Balaban J connectivity index is 2.38. The van der Waals surface area contributed by atoms with E-state index in [4.69, 9.17) is 10.5 Å². The molecule has 112 valence electrons. The molecule has 2 N–H and O–H groups in total. The minimum atomic E-state index is -3.46. The van der Waals surface area contributed by atoms with E-state index < -0.39 is 9.84 Å². The molecule has 2 aromatic carbocycles. The molecule has 0 aliphatic heterocycles. The highest BCUT2D eigenvalue weighted by Gasteiger charge is 2.18. The van der Waals surface area contributed by atoms with Crippen molar-refractivity contribution in [1.29, 1.82) is 0 Å². The van der Waals surface area contributed by atoms with Crippen LogP contribution in [0.15, 0.2) is 51.8 Å². The molecule has 21 heavy (non-hydrogen) atoms. The van der Waals surface area contributed by atoms with E-state index in [9.17, 15) is 8.42 Å². The van der Waals surface area contributed by atoms with Gasteiger partial charge in [-0.25, -0.2) is 8.42 Å². The first kappa shape index (κ1) is 15.9. The summed E-state index contributed by atoms with van der Waals surface area (Å²) in [5, 5.41) is 0. The van der Waals surface area contributed by atoms with E-state index in [2.05, 4.69) is 15.9 Å². The highest BCUT2D eigenvalue weighted by atomic mass is 79.9. The average molecular weight is 370 g/mol. The number of rotatable bonds is 5. The maximum Gasteiger partial charge on any atom is 0.182 e. The fourth-order valence-electron chi connectivity index (χ4n) is 1.96. The largest absolute Gasteiger partial charge is 0.494 e. The number of hydrogen-bond donors (Lipinski definition) is 1. The second-order valence-corrected chi connectivity index (χ2v) is 7.42. The van der Waals surface area contributed by atoms with E-state index in [1.54, 1.807) is 42.5 Å². The summed E-state index contributed by atoms with van der Waals surface area (Å²) in [6.07, 6.45) is 0. The number of nitrogens with two attached hydrogens (primary N) is 1. The third-order valence-electron chi connectivity index (χ3n) is 2.89. The summed E-state index contributed by atoms with van der Waals surface area (Å²) in [5.41, 5.74) is 6.83. The van der Waals surface area contributed by atoms with Crippen molar-refractivity contribution >= 4 is 31.5 Å². The number of anilines is 1. The number of benzene rings is 2. The van der Waals surface area contributed by atoms with Gasteiger partial charge in [0, 0.05) is 15.7 Å². The Morgan fingerprint density at radius 3 is 2.62 bits per heavy atom. The van der Waals surface area contributed by atoms with Crippen molar-refractivity contribution in [1.82, 2.24) is 0 Å². The zero-order valence-electron chi connectivity index (χ0n) is 11.5. The first-order chi connectivity index (χ1) is 9.92. The molecule has 0 atom stereocenters. The SMILES string of the molecule is CCOc1ccc(N)cc1CS(=O)(=O)c1cccc(Br)c1. The van der Waals surface area contributed by atoms with Gasteiger partial charge in [-0.05, 0) is 43.3 Å². The maximum atomic E-state index is 12.5. The Morgan fingerprint density at radius 2 is 1.95 bits per heavy atom. The molecule has 0 radical (unpaired) electrons. The maximum absolute atomic E-state index is 12.5. The van der Waals surface area contributed by atoms with Gasteiger partial charge in [0.2, 0.25) is 0 Å². The lowest BCUT2D eigenvalue weighted by atomic mass is 10.2. The molecule has 0 saturated heterocycles. The summed E-state index contributed by atoms with van der Waals surface area (Å²) >= 11 is 3.28. The van der Waals surface area contributed by atoms with Crippen LogP contribution in [0.3, 0.4) is 0 Å². The van der Waals surface area contributed by atoms with Crippen molar-refractivity contribution in [3.63, 3.8) is 0 Å². The fourth-order valence-corrected chi connectivity index (χ4v) is 3.90. The summed E-state index contributed by atoms with van der Waals surface area (Å²) in [4.78, 5) is 0.266. The average Bonchev–Trinajstić information content (AvgIpc) is 2.42. The highest BCUT2D eigenvalue weighted by molar-refractivity contribution is 9.10. The number of hydrogen-bond acceptors (Lipinski definition) is 4. The van der Waals surface area contributed by atoms with Crippen molar-refractivity contribution in [2.45, 2.75) is 17.6 Å². The minimum Gasteiger partial charge on any atom is -0.494 e. The minimum absolute atomic E-state index is 0.149. The number of sulfone groups is 1. The third kappa shape index (κ3) is 3.98. The van der Waals surface area contributed by atoms with E-state index in [0.717, 1.165) is 4.47 Å². The molecule has 0 heterocycles. The van der Waals surface area contributed by atoms with Crippen molar-refractivity contribution < 1.29 is 13.2 Å². The highest BCUT2D eigenvalue weighted by Crippen LogP contribution is 2.27. The van der Waals surface area contributed by atoms with E-state index >= 15 is 0 Å². The molecule has 0 unspecified atom stereocenters. The van der Waals surface area contributed by atoms with Gasteiger partial charge in [-0.3, -0.25) is 0 Å². The second-order valence-electron chi connectivity index (χ2n) is 4.52. The Bertz CT molecular complexity index is 744. The molecule has 0 aromatic heterocycles. The van der Waals surface area contributed by atoms with Crippen LogP contribution in [0.4, 0.5) is 5.69 Å². The molecule has 6 heteroatoms. The van der Waals surface area contributed by atoms with Gasteiger partial charge in [0.15, 0.2) is 9.84 Å². The molecule has 0 fully saturated rings. The topological polar surface area (TPSA) is 69.4 Å². The Morgan fingerprint density at radius 1 is 1.19 bits per heavy atom. The number of halogens is 1. The lowest BCUT2D eigenvalue weighted by Crippen LogP contribution is -2.07. The van der Waals surface area contributed by atoms with Crippen LogP contribution in [-0.2, 0) is 15.6 Å². The van der Waals surface area contributed by atoms with E-state index in [1.165, 1.54) is 0 Å². The lowest BCUT2D eigenvalue weighted by Gasteiger charge is -2.12. The summed E-state index contributed by atoms with van der Waals surface area (Å²) in [6, 6.07) is 11.7. The second kappa shape index (κ2) is 6.49. The van der Waals surface area contributed by atoms with Crippen LogP contribution in [0.2, 0.25) is 0 Å². The van der Waals surface area contributed by atoms with Gasteiger partial charge >= 0.3 is 0 Å². The standard InChI is InChI=1S/C15H16BrNO3S/c1-2-20-15-7-6-13(17)8-11(15)10-21(18,19)14-5-3-4-12(16)9-14/h3-9H,2,10,17H2,1H3. The molecule has 0 spiro atoms. The molecule has 4 nitrogen and oxygen atoms in total. The van der Waals surface area contributed by atoms with Crippen LogP contribution < -0.4 is 10.5 Å². The van der Waals surface area contributed by atoms with Crippen LogP contribution in [0.5, 0.6) is 5.75 Å². The third-order valence-corrected chi connectivity index (χ3v) is 5.04. The molecule has 0 aliphatic carbocycles. The van der Waals surface area contributed by atoms with E-state index in [0.29, 0.717) is 23.6 Å². The Labute approximate surface area is 133 Å². The molecular weight excluding hydrogens is 354 g/mol. The van der Waals surface area contributed by atoms with Crippen LogP contribution >= 0.6 is 15.9 Å². The van der Waals surface area contributed by atoms with Gasteiger partial charge in [0.1, 0.15) is 5.75 Å². The first-order valence-electron chi connectivity index (χ1n) is 6.42. The Kier molecular flexibility index (Phi) is 4.90. The lowest BCUT2D eigenvalue weighted by molar-refractivity contribution is 0.337. The number of ether oxygens (including phenoxy) is 1. The van der Waals surface area contributed by atoms with Crippen LogP contribution in [-0.4, -0.2) is 15.0 Å². The zero-order valence-corrected chi connectivity index (χ0v) is 13.9. The van der Waals surface area contributed by atoms with Crippen LogP contribution in [0, 0.1) is 0 Å². The molecule has 2 rings (SSSR count). The number of nitrogen functional groups attached to an aromatic ring is 1. The van der Waals surface area contributed by atoms with Crippen LogP contribution in [0.1, 0.15) is 12.5 Å². The van der Waals surface area contributed by atoms with E-state index in [-0.39, 0.29) is 10.6 Å². The van der Waals surface area contributed by atoms with Gasteiger partial charge in [0.25, 0.3) is 0 Å². The normalized spacial score (nSPS) is 11.3. The van der Waals surface area contributed by atoms with Crippen molar-refractivity contribution in [3.05, 3.63) is 52.5 Å². The van der Waals surface area contributed by atoms with Crippen LogP contribution in [0.25, 0.3) is 0 Å².